The first-order valence-corrected chi connectivity index (χ1v) is 5.07. The summed E-state index contributed by atoms with van der Waals surface area (Å²) in [5.41, 5.74) is 4.57. The van der Waals surface area contributed by atoms with Crippen LogP contribution < -0.4 is 21.7 Å². The van der Waals surface area contributed by atoms with Gasteiger partial charge in [-0.05, 0) is 19.9 Å². The third-order valence-corrected chi connectivity index (χ3v) is 2.63. The normalized spacial score (nSPS) is 24.9. The first-order valence-electron chi connectivity index (χ1n) is 5.07. The Balaban J connectivity index is 2.21. The van der Waals surface area contributed by atoms with E-state index < -0.39 is 6.03 Å². The molecule has 15 heavy (non-hydrogen) atoms. The second-order valence-corrected chi connectivity index (χ2v) is 4.03. The minimum absolute atomic E-state index is 0.0266. The van der Waals surface area contributed by atoms with Crippen LogP contribution in [0.25, 0.3) is 0 Å². The number of hydrogen-bond donors (Lipinski definition) is 4. The molecule has 1 heterocycles. The molecule has 0 aromatic carbocycles. The fourth-order valence-electron chi connectivity index (χ4n) is 1.59. The summed E-state index contributed by atoms with van der Waals surface area (Å²) < 4.78 is 0. The molecule has 1 fully saturated rings. The van der Waals surface area contributed by atoms with E-state index in [1.54, 1.807) is 0 Å². The largest absolute Gasteiger partial charge is 0.354 e. The van der Waals surface area contributed by atoms with E-state index in [4.69, 9.17) is 5.73 Å². The Morgan fingerprint density at radius 1 is 1.40 bits per heavy atom. The van der Waals surface area contributed by atoms with Crippen molar-refractivity contribution in [2.24, 2.45) is 11.1 Å². The monoisotopic (exact) mass is 214 g/mol. The zero-order valence-electron chi connectivity index (χ0n) is 8.93. The molecule has 86 valence electrons. The predicted octanol–water partition coefficient (Wildman–Crippen LogP) is -1.23. The van der Waals surface area contributed by atoms with Crippen LogP contribution >= 0.6 is 0 Å². The van der Waals surface area contributed by atoms with Crippen LogP contribution in [0, 0.1) is 5.41 Å². The molecule has 6 heteroatoms. The van der Waals surface area contributed by atoms with Crippen molar-refractivity contribution in [3.05, 3.63) is 0 Å². The second-order valence-electron chi connectivity index (χ2n) is 4.03. The van der Waals surface area contributed by atoms with Crippen LogP contribution in [0.1, 0.15) is 13.3 Å². The van der Waals surface area contributed by atoms with Crippen LogP contribution in [0.4, 0.5) is 4.79 Å². The van der Waals surface area contributed by atoms with Gasteiger partial charge in [-0.3, -0.25) is 4.79 Å². The Kier molecular flexibility index (Phi) is 3.90. The number of nitrogens with one attached hydrogen (secondary N) is 3. The average Bonchev–Trinajstić information content (AvgIpc) is 2.60. The SMILES string of the molecule is CC1(C(=O)NCCNC(N)=O)CCNC1. The summed E-state index contributed by atoms with van der Waals surface area (Å²) in [7, 11) is 0. The number of rotatable bonds is 4. The van der Waals surface area contributed by atoms with Gasteiger partial charge in [-0.25, -0.2) is 4.79 Å². The highest BCUT2D eigenvalue weighted by molar-refractivity contribution is 5.82. The minimum Gasteiger partial charge on any atom is -0.354 e. The second kappa shape index (κ2) is 4.97. The van der Waals surface area contributed by atoms with Crippen LogP contribution in [-0.2, 0) is 4.79 Å². The predicted molar refractivity (Wildman–Crippen MR) is 56.2 cm³/mol. The van der Waals surface area contributed by atoms with Gasteiger partial charge in [0.05, 0.1) is 5.41 Å². The van der Waals surface area contributed by atoms with E-state index in [2.05, 4.69) is 16.0 Å². The van der Waals surface area contributed by atoms with Gasteiger partial charge < -0.3 is 21.7 Å². The van der Waals surface area contributed by atoms with Gasteiger partial charge in [0.15, 0.2) is 0 Å². The number of carbonyl (C=O) groups excluding carboxylic acids is 2. The molecule has 0 saturated carbocycles. The molecule has 1 saturated heterocycles. The van der Waals surface area contributed by atoms with Crippen LogP contribution in [0.2, 0.25) is 0 Å². The van der Waals surface area contributed by atoms with Gasteiger partial charge in [0.2, 0.25) is 5.91 Å². The summed E-state index contributed by atoms with van der Waals surface area (Å²) in [4.78, 5) is 22.1. The number of nitrogens with two attached hydrogens (primary N) is 1. The number of hydrogen-bond acceptors (Lipinski definition) is 3. The lowest BCUT2D eigenvalue weighted by molar-refractivity contribution is -0.129. The fourth-order valence-corrected chi connectivity index (χ4v) is 1.59. The van der Waals surface area contributed by atoms with E-state index in [0.717, 1.165) is 13.0 Å². The summed E-state index contributed by atoms with van der Waals surface area (Å²) in [6, 6.07) is -0.571. The molecule has 5 N–H and O–H groups in total. The Morgan fingerprint density at radius 3 is 2.60 bits per heavy atom. The van der Waals surface area contributed by atoms with Crippen molar-refractivity contribution in [1.82, 2.24) is 16.0 Å². The number of primary amides is 1. The van der Waals surface area contributed by atoms with E-state index in [1.807, 2.05) is 6.92 Å². The van der Waals surface area contributed by atoms with Crippen molar-refractivity contribution in [2.75, 3.05) is 26.2 Å². The summed E-state index contributed by atoms with van der Waals surface area (Å²) >= 11 is 0. The highest BCUT2D eigenvalue weighted by Crippen LogP contribution is 2.24. The van der Waals surface area contributed by atoms with Crippen LogP contribution in [0.3, 0.4) is 0 Å². The first-order chi connectivity index (χ1) is 7.04. The molecule has 0 radical (unpaired) electrons. The van der Waals surface area contributed by atoms with Crippen molar-refractivity contribution in [3.8, 4) is 0 Å². The Hall–Kier alpha value is -1.30. The molecule has 6 nitrogen and oxygen atoms in total. The highest BCUT2D eigenvalue weighted by atomic mass is 16.2. The van der Waals surface area contributed by atoms with Gasteiger partial charge in [-0.1, -0.05) is 0 Å². The minimum atomic E-state index is -0.571. The molecule has 3 amide bonds. The molecule has 1 atom stereocenters. The third kappa shape index (κ3) is 3.39. The van der Waals surface area contributed by atoms with Crippen LogP contribution in [-0.4, -0.2) is 38.1 Å². The Bertz CT molecular complexity index is 248. The van der Waals surface area contributed by atoms with Crippen molar-refractivity contribution >= 4 is 11.9 Å². The summed E-state index contributed by atoms with van der Waals surface area (Å²) in [6.07, 6.45) is 0.849. The maximum Gasteiger partial charge on any atom is 0.312 e. The van der Waals surface area contributed by atoms with E-state index in [-0.39, 0.29) is 11.3 Å². The van der Waals surface area contributed by atoms with E-state index in [9.17, 15) is 9.59 Å². The molecule has 0 aromatic heterocycles. The highest BCUT2D eigenvalue weighted by Gasteiger charge is 2.35. The number of carbonyl (C=O) groups is 2. The lowest BCUT2D eigenvalue weighted by Gasteiger charge is -2.21. The lowest BCUT2D eigenvalue weighted by Crippen LogP contribution is -2.44. The van der Waals surface area contributed by atoms with Crippen molar-refractivity contribution in [1.29, 1.82) is 0 Å². The lowest BCUT2D eigenvalue weighted by atomic mass is 9.89. The third-order valence-electron chi connectivity index (χ3n) is 2.63. The smallest absolute Gasteiger partial charge is 0.312 e. The molecule has 0 spiro atoms. The number of urea groups is 1. The fraction of sp³-hybridized carbons (Fsp3) is 0.778. The van der Waals surface area contributed by atoms with Crippen molar-refractivity contribution in [2.45, 2.75) is 13.3 Å². The van der Waals surface area contributed by atoms with Crippen molar-refractivity contribution in [3.63, 3.8) is 0 Å². The standard InChI is InChI=1S/C9H18N4O2/c1-9(2-3-11-6-9)7(14)12-4-5-13-8(10)15/h11H,2-6H2,1H3,(H,12,14)(H3,10,13,15). The van der Waals surface area contributed by atoms with Crippen LogP contribution in [0.15, 0.2) is 0 Å². The molecule has 1 rings (SSSR count). The van der Waals surface area contributed by atoms with Gasteiger partial charge in [0.1, 0.15) is 0 Å². The van der Waals surface area contributed by atoms with Gasteiger partial charge in [-0.15, -0.1) is 0 Å². The zero-order valence-corrected chi connectivity index (χ0v) is 8.93. The maximum atomic E-state index is 11.7. The molecule has 0 aromatic rings. The molecule has 1 aliphatic heterocycles. The van der Waals surface area contributed by atoms with E-state index in [1.165, 1.54) is 0 Å². The van der Waals surface area contributed by atoms with E-state index in [0.29, 0.717) is 19.6 Å². The topological polar surface area (TPSA) is 96.2 Å². The van der Waals surface area contributed by atoms with Gasteiger partial charge >= 0.3 is 6.03 Å². The summed E-state index contributed by atoms with van der Waals surface area (Å²) in [5, 5.41) is 8.34. The average molecular weight is 214 g/mol. The van der Waals surface area contributed by atoms with Gasteiger partial charge in [0.25, 0.3) is 0 Å². The Labute approximate surface area is 89.0 Å². The van der Waals surface area contributed by atoms with Crippen molar-refractivity contribution < 1.29 is 9.59 Å². The van der Waals surface area contributed by atoms with Gasteiger partial charge in [0, 0.05) is 19.6 Å². The summed E-state index contributed by atoms with van der Waals surface area (Å²) in [5.74, 6) is 0.0266. The molecular formula is C9H18N4O2. The quantitative estimate of drug-likeness (QED) is 0.441. The molecular weight excluding hydrogens is 196 g/mol. The molecule has 1 unspecified atom stereocenters. The maximum absolute atomic E-state index is 11.7. The number of amides is 3. The van der Waals surface area contributed by atoms with Crippen LogP contribution in [0.5, 0.6) is 0 Å². The zero-order chi connectivity index (χ0) is 11.3. The summed E-state index contributed by atoms with van der Waals surface area (Å²) in [6.45, 7) is 4.30. The van der Waals surface area contributed by atoms with E-state index >= 15 is 0 Å². The first kappa shape index (κ1) is 11.8. The Morgan fingerprint density at radius 2 is 2.07 bits per heavy atom. The molecule has 1 aliphatic rings. The molecule has 0 bridgehead atoms. The molecule has 0 aliphatic carbocycles. The van der Waals surface area contributed by atoms with Gasteiger partial charge in [-0.2, -0.15) is 0 Å².